The molecule has 4 rings (SSSR count). The second-order valence-electron chi connectivity index (χ2n) is 11.5. The highest BCUT2D eigenvalue weighted by atomic mass is 32.2. The summed E-state index contributed by atoms with van der Waals surface area (Å²) in [7, 11) is -2.18. The number of ether oxygens (including phenoxy) is 2. The number of carbonyl (C=O) groups is 2. The molecule has 1 fully saturated rings. The summed E-state index contributed by atoms with van der Waals surface area (Å²) >= 11 is 0. The lowest BCUT2D eigenvalue weighted by atomic mass is 9.86. The fourth-order valence-electron chi connectivity index (χ4n) is 5.21. The van der Waals surface area contributed by atoms with Gasteiger partial charge in [-0.15, -0.1) is 0 Å². The maximum atomic E-state index is 13.5. The van der Waals surface area contributed by atoms with Crippen LogP contribution >= 0.6 is 0 Å². The molecule has 1 unspecified atom stereocenters. The van der Waals surface area contributed by atoms with Crippen LogP contribution in [-0.4, -0.2) is 68.0 Å². The van der Waals surface area contributed by atoms with E-state index in [9.17, 15) is 18.0 Å². The Bertz CT molecular complexity index is 1550. The molecule has 41 heavy (non-hydrogen) atoms. The quantitative estimate of drug-likeness (QED) is 0.259. The lowest BCUT2D eigenvalue weighted by Crippen LogP contribution is -2.39. The summed E-state index contributed by atoms with van der Waals surface area (Å²) in [6, 6.07) is 11.2. The highest BCUT2D eigenvalue weighted by Gasteiger charge is 2.27. The number of anilines is 2. The van der Waals surface area contributed by atoms with Gasteiger partial charge in [-0.2, -0.15) is 0 Å². The summed E-state index contributed by atoms with van der Waals surface area (Å²) in [5.74, 6) is -0.196. The van der Waals surface area contributed by atoms with E-state index in [1.54, 1.807) is 18.2 Å². The number of sulfonamides is 1. The van der Waals surface area contributed by atoms with Crippen molar-refractivity contribution >= 4 is 44.4 Å². The van der Waals surface area contributed by atoms with Crippen molar-refractivity contribution in [3.05, 3.63) is 53.2 Å². The molecule has 1 amide bonds. The number of H-pyrrole nitrogens is 1. The van der Waals surface area contributed by atoms with Gasteiger partial charge < -0.3 is 24.9 Å². The predicted octanol–water partition coefficient (Wildman–Crippen LogP) is 5.32. The Morgan fingerprint density at radius 2 is 1.78 bits per heavy atom. The number of amides is 1. The van der Waals surface area contributed by atoms with Crippen LogP contribution in [0.3, 0.4) is 0 Å². The molecule has 1 atom stereocenters. The number of hydrogen-bond acceptors (Lipinski definition) is 7. The first-order chi connectivity index (χ1) is 19.2. The SMILES string of the molecule is COc1c(NC(=O)c2cc3cccc(C(C)N4CCC(OC(=O)O)CC4)c3[nH]2)cc(C(C)(C)C)cc1NS(C)(=O)=O. The fraction of sp³-hybridized carbons (Fsp3) is 0.448. The largest absolute Gasteiger partial charge is 0.506 e. The number of likely N-dealkylation sites (tertiary alicyclic amines) is 1. The van der Waals surface area contributed by atoms with Gasteiger partial charge in [-0.05, 0) is 54.5 Å². The van der Waals surface area contributed by atoms with Crippen molar-refractivity contribution in [2.75, 3.05) is 36.5 Å². The molecule has 4 N–H and O–H groups in total. The van der Waals surface area contributed by atoms with Crippen LogP contribution in [0.2, 0.25) is 0 Å². The first-order valence-corrected chi connectivity index (χ1v) is 15.3. The molecule has 3 aromatic rings. The van der Waals surface area contributed by atoms with Gasteiger partial charge in [0.15, 0.2) is 5.75 Å². The van der Waals surface area contributed by atoms with Crippen molar-refractivity contribution in [1.29, 1.82) is 0 Å². The number of aromatic nitrogens is 1. The Hall–Kier alpha value is -3.77. The van der Waals surface area contributed by atoms with Crippen LogP contribution in [0, 0.1) is 0 Å². The summed E-state index contributed by atoms with van der Waals surface area (Å²) in [6.45, 7) is 9.45. The smallest absolute Gasteiger partial charge is 0.492 e. The number of carbonyl (C=O) groups excluding carboxylic acids is 1. The van der Waals surface area contributed by atoms with E-state index >= 15 is 0 Å². The predicted molar refractivity (Wildman–Crippen MR) is 159 cm³/mol. The van der Waals surface area contributed by atoms with Crippen molar-refractivity contribution in [2.45, 2.75) is 58.1 Å². The van der Waals surface area contributed by atoms with Crippen molar-refractivity contribution < 1.29 is 32.6 Å². The zero-order valence-corrected chi connectivity index (χ0v) is 25.0. The molecule has 0 aliphatic carbocycles. The van der Waals surface area contributed by atoms with E-state index < -0.39 is 22.1 Å². The average molecular weight is 587 g/mol. The van der Waals surface area contributed by atoms with Crippen LogP contribution < -0.4 is 14.8 Å². The number of nitrogens with one attached hydrogen (secondary N) is 3. The highest BCUT2D eigenvalue weighted by Crippen LogP contribution is 2.39. The van der Waals surface area contributed by atoms with E-state index in [0.29, 0.717) is 37.3 Å². The number of piperidine rings is 1. The third kappa shape index (κ3) is 7.12. The minimum absolute atomic E-state index is 0.0206. The molecule has 222 valence electrons. The summed E-state index contributed by atoms with van der Waals surface area (Å²) in [6.07, 6.45) is 0.759. The number of methoxy groups -OCH3 is 1. The lowest BCUT2D eigenvalue weighted by Gasteiger charge is -2.35. The minimum Gasteiger partial charge on any atom is -0.492 e. The molecule has 0 radical (unpaired) electrons. The van der Waals surface area contributed by atoms with Gasteiger partial charge in [-0.25, -0.2) is 13.2 Å². The molecule has 1 aromatic heterocycles. The fourth-order valence-corrected chi connectivity index (χ4v) is 5.76. The maximum absolute atomic E-state index is 13.5. The van der Waals surface area contributed by atoms with Gasteiger partial charge in [-0.1, -0.05) is 39.0 Å². The van der Waals surface area contributed by atoms with Crippen LogP contribution in [0.5, 0.6) is 5.75 Å². The Morgan fingerprint density at radius 3 is 2.37 bits per heavy atom. The monoisotopic (exact) mass is 586 g/mol. The second kappa shape index (κ2) is 11.6. The molecule has 11 nitrogen and oxygen atoms in total. The minimum atomic E-state index is -3.60. The first kappa shape index (κ1) is 30.2. The second-order valence-corrected chi connectivity index (χ2v) is 13.2. The lowest BCUT2D eigenvalue weighted by molar-refractivity contribution is 0.0131. The zero-order chi connectivity index (χ0) is 30.1. The van der Waals surface area contributed by atoms with Crippen molar-refractivity contribution in [2.24, 2.45) is 0 Å². The number of nitrogens with zero attached hydrogens (tertiary/aromatic N) is 1. The standard InChI is InChI=1S/C29H38N4O7S/c1-17(33-12-10-20(11-13-33)40-28(35)36)21-9-7-8-18-14-24(30-25(18)21)27(34)31-22-15-19(29(2,3)4)16-23(26(22)39-5)32-41(6,37)38/h7-9,14-17,20,30,32H,10-13H2,1-6H3,(H,31,34)(H,35,36). The number of fused-ring (bicyclic) bond motifs is 1. The van der Waals surface area contributed by atoms with Crippen LogP contribution in [0.25, 0.3) is 10.9 Å². The summed E-state index contributed by atoms with van der Waals surface area (Å²) in [5.41, 5.74) is 3.26. The van der Waals surface area contributed by atoms with E-state index in [4.69, 9.17) is 14.6 Å². The molecule has 2 aromatic carbocycles. The first-order valence-electron chi connectivity index (χ1n) is 13.4. The molecule has 2 heterocycles. The van der Waals surface area contributed by atoms with Crippen molar-refractivity contribution in [3.63, 3.8) is 0 Å². The number of para-hydroxylation sites is 1. The van der Waals surface area contributed by atoms with Gasteiger partial charge in [0.25, 0.3) is 5.91 Å². The van der Waals surface area contributed by atoms with E-state index in [-0.39, 0.29) is 29.0 Å². The Morgan fingerprint density at radius 1 is 1.12 bits per heavy atom. The van der Waals surface area contributed by atoms with E-state index in [1.165, 1.54) is 7.11 Å². The molecular weight excluding hydrogens is 548 g/mol. The molecule has 0 spiro atoms. The number of aromatic amines is 1. The topological polar surface area (TPSA) is 150 Å². The summed E-state index contributed by atoms with van der Waals surface area (Å²) in [5, 5.41) is 12.7. The summed E-state index contributed by atoms with van der Waals surface area (Å²) in [4.78, 5) is 29.9. The molecule has 0 bridgehead atoms. The van der Waals surface area contributed by atoms with Crippen LogP contribution in [-0.2, 0) is 20.2 Å². The van der Waals surface area contributed by atoms with Gasteiger partial charge in [0, 0.05) is 24.5 Å². The third-order valence-corrected chi connectivity index (χ3v) is 7.97. The van der Waals surface area contributed by atoms with E-state index in [1.807, 2.05) is 39.0 Å². The molecule has 12 heteroatoms. The number of carboxylic acid groups (broad SMARTS) is 1. The van der Waals surface area contributed by atoms with Crippen LogP contribution in [0.15, 0.2) is 36.4 Å². The van der Waals surface area contributed by atoms with Gasteiger partial charge >= 0.3 is 6.16 Å². The van der Waals surface area contributed by atoms with Gasteiger partial charge in [0.2, 0.25) is 10.0 Å². The Labute approximate surface area is 240 Å². The van der Waals surface area contributed by atoms with Gasteiger partial charge in [0.05, 0.1) is 30.3 Å². The number of rotatable bonds is 8. The summed E-state index contributed by atoms with van der Waals surface area (Å²) < 4.78 is 37.1. The van der Waals surface area contributed by atoms with Gasteiger partial charge in [0.1, 0.15) is 11.8 Å². The van der Waals surface area contributed by atoms with Crippen LogP contribution in [0.1, 0.15) is 68.2 Å². The highest BCUT2D eigenvalue weighted by molar-refractivity contribution is 7.92. The van der Waals surface area contributed by atoms with Gasteiger partial charge in [-0.3, -0.25) is 14.4 Å². The molecule has 1 aliphatic heterocycles. The average Bonchev–Trinajstić information content (AvgIpc) is 3.32. The number of hydrogen-bond donors (Lipinski definition) is 4. The molecule has 1 aliphatic rings. The third-order valence-electron chi connectivity index (χ3n) is 7.38. The van der Waals surface area contributed by atoms with E-state index in [0.717, 1.165) is 28.3 Å². The number of benzene rings is 2. The van der Waals surface area contributed by atoms with E-state index in [2.05, 4.69) is 26.8 Å². The Balaban J connectivity index is 1.62. The van der Waals surface area contributed by atoms with Crippen molar-refractivity contribution in [3.8, 4) is 5.75 Å². The van der Waals surface area contributed by atoms with Crippen LogP contribution in [0.4, 0.5) is 16.2 Å². The maximum Gasteiger partial charge on any atom is 0.506 e. The molecule has 0 saturated carbocycles. The van der Waals surface area contributed by atoms with Crippen molar-refractivity contribution in [1.82, 2.24) is 9.88 Å². The zero-order valence-electron chi connectivity index (χ0n) is 24.2. The normalized spacial score (nSPS) is 15.9. The molecular formula is C29H38N4O7S. The Kier molecular flexibility index (Phi) is 8.55. The molecule has 1 saturated heterocycles.